The molecule has 1 aromatic heterocycles. The van der Waals surface area contributed by atoms with Gasteiger partial charge in [-0.3, -0.25) is 0 Å². The Hall–Kier alpha value is -1.25. The molecule has 0 aliphatic carbocycles. The van der Waals surface area contributed by atoms with Crippen LogP contribution in [0.4, 0.5) is 0 Å². The average Bonchev–Trinajstić information content (AvgIpc) is 2.07. The molecule has 12 heavy (non-hydrogen) atoms. The lowest BCUT2D eigenvalue weighted by Crippen LogP contribution is -2.57. The van der Waals surface area contributed by atoms with E-state index in [4.69, 9.17) is 10.7 Å². The van der Waals surface area contributed by atoms with Gasteiger partial charge in [0.1, 0.15) is 4.94 Å². The van der Waals surface area contributed by atoms with Gasteiger partial charge in [0.15, 0.2) is 0 Å². The fraction of sp³-hybridized carbons (Fsp3) is 0. The van der Waals surface area contributed by atoms with Crippen molar-refractivity contribution in [1.29, 1.82) is 0 Å². The molecule has 3 N–H and O–H groups in total. The van der Waals surface area contributed by atoms with Crippen LogP contribution in [0.15, 0.2) is 35.3 Å². The van der Waals surface area contributed by atoms with Gasteiger partial charge in [0, 0.05) is 6.07 Å². The van der Waals surface area contributed by atoms with E-state index in [0.717, 1.165) is 4.68 Å². The molecule has 0 aromatic carbocycles. The third kappa shape index (κ3) is 1.87. The van der Waals surface area contributed by atoms with Crippen molar-refractivity contribution in [2.45, 2.75) is 0 Å². The number of nitrogen functional groups attached to an aromatic ring is 1. The van der Waals surface area contributed by atoms with Crippen LogP contribution in [0.5, 0.6) is 0 Å². The summed E-state index contributed by atoms with van der Waals surface area (Å²) in [5.74, 6) is 5.32. The minimum atomic E-state index is -0.403. The van der Waals surface area contributed by atoms with Gasteiger partial charge in [-0.25, -0.2) is 10.6 Å². The van der Waals surface area contributed by atoms with Gasteiger partial charge in [0.05, 0.1) is 8.43 Å². The molecule has 0 amide bonds. The van der Waals surface area contributed by atoms with Crippen LogP contribution in [0.2, 0.25) is 0 Å². The molecule has 0 radical (unpaired) electrons. The number of nitrogens with zero attached hydrogens (tertiary/aromatic N) is 1. The van der Waals surface area contributed by atoms with Gasteiger partial charge in [-0.05, 0) is 10.7 Å². The molecule has 0 bridgehead atoms. The molecule has 4 nitrogen and oxygen atoms in total. The van der Waals surface area contributed by atoms with Crippen molar-refractivity contribution < 1.29 is 9.57 Å². The highest BCUT2D eigenvalue weighted by Gasteiger charge is 1.98. The fourth-order valence-electron chi connectivity index (χ4n) is 0.701. The number of aromatic nitrogens is 1. The maximum absolute atomic E-state index is 11.2. The minimum Gasteiger partial charge on any atom is -0.341 e. The van der Waals surface area contributed by atoms with Crippen molar-refractivity contribution in [3.05, 3.63) is 45.8 Å². The molecular weight excluding hydrogens is 175 g/mol. The molecule has 0 unspecified atom stereocenters. The van der Waals surface area contributed by atoms with E-state index in [0.29, 0.717) is 0 Å². The Bertz CT molecular complexity index is 406. The summed E-state index contributed by atoms with van der Waals surface area (Å²) in [6.07, 6.45) is 1.43. The first kappa shape index (κ1) is 8.84. The normalized spacial score (nSPS) is 11.2. The Labute approximate surface area is 70.4 Å². The van der Waals surface area contributed by atoms with Crippen molar-refractivity contribution in [2.75, 3.05) is 5.84 Å². The summed E-state index contributed by atoms with van der Waals surface area (Å²) < 4.78 is 0.929. The molecule has 0 saturated carbocycles. The first-order valence-electron chi connectivity index (χ1n) is 3.24. The highest BCUT2D eigenvalue weighted by atomic mass is 31.1. The molecule has 1 heterocycles. The molecule has 0 atom stereocenters. The van der Waals surface area contributed by atoms with E-state index in [1.165, 1.54) is 12.3 Å². The number of hydrogen-bond acceptors (Lipinski definition) is 3. The topological polar surface area (TPSA) is 67.2 Å². The maximum Gasteiger partial charge on any atom is 0.453 e. The smallest absolute Gasteiger partial charge is 0.341 e. The largest absolute Gasteiger partial charge is 0.453 e. The van der Waals surface area contributed by atoms with E-state index in [1.807, 2.05) is 0 Å². The standard InChI is InChI=1S/C7H7N2O2P/c8-9-5-3-1-2-4-6(12-11)7(9)10/h1-5H,8H2/p+1. The van der Waals surface area contributed by atoms with E-state index in [-0.39, 0.29) is 13.4 Å². The molecule has 5 heteroatoms. The first-order chi connectivity index (χ1) is 5.75. The van der Waals surface area contributed by atoms with Crippen LogP contribution < -0.4 is 16.1 Å². The van der Waals surface area contributed by atoms with Crippen LogP contribution in [-0.2, 0) is 0 Å². The third-order valence-electron chi connectivity index (χ3n) is 1.28. The quantitative estimate of drug-likeness (QED) is 0.321. The zero-order valence-electron chi connectivity index (χ0n) is 6.21. The predicted octanol–water partition coefficient (Wildman–Crippen LogP) is -0.566. The number of hydrogen-bond donors (Lipinski definition) is 2. The Morgan fingerprint density at radius 3 is 2.83 bits per heavy atom. The molecule has 1 aromatic rings. The summed E-state index contributed by atoms with van der Waals surface area (Å²) in [7, 11) is -0.0723. The lowest BCUT2D eigenvalue weighted by atomic mass is 10.5. The van der Waals surface area contributed by atoms with E-state index >= 15 is 0 Å². The van der Waals surface area contributed by atoms with Crippen molar-refractivity contribution in [2.24, 2.45) is 0 Å². The van der Waals surface area contributed by atoms with Crippen LogP contribution in [0.25, 0.3) is 0 Å². The van der Waals surface area contributed by atoms with Gasteiger partial charge < -0.3 is 4.89 Å². The molecule has 0 aliphatic rings. The first-order valence-corrected chi connectivity index (χ1v) is 4.09. The minimum absolute atomic E-state index is 0.0723. The van der Waals surface area contributed by atoms with Crippen LogP contribution in [0.1, 0.15) is 0 Å². The van der Waals surface area contributed by atoms with Crippen LogP contribution in [0, 0.1) is 4.94 Å². The Morgan fingerprint density at radius 1 is 1.42 bits per heavy atom. The average molecular weight is 183 g/mol. The SMILES string of the molecule is N[n+]1cccccc(=PO)c1=O. The Balaban J connectivity index is 3.68. The molecule has 0 spiro atoms. The molecular formula is C7H8N2O2P+. The second kappa shape index (κ2) is 3.95. The zero-order chi connectivity index (χ0) is 8.97. The Kier molecular flexibility index (Phi) is 2.91. The zero-order valence-corrected chi connectivity index (χ0v) is 7.11. The summed E-state index contributed by atoms with van der Waals surface area (Å²) in [6.45, 7) is 0. The van der Waals surface area contributed by atoms with Crippen molar-refractivity contribution in [1.82, 2.24) is 0 Å². The number of nitrogens with two attached hydrogens (primary N) is 1. The summed E-state index contributed by atoms with van der Waals surface area (Å²) in [6, 6.07) is 6.55. The second-order valence-corrected chi connectivity index (χ2v) is 2.77. The second-order valence-electron chi connectivity index (χ2n) is 2.09. The van der Waals surface area contributed by atoms with E-state index < -0.39 is 5.56 Å². The summed E-state index contributed by atoms with van der Waals surface area (Å²) in [5, 5.41) is 0. The molecule has 0 saturated heterocycles. The van der Waals surface area contributed by atoms with Gasteiger partial charge >= 0.3 is 5.56 Å². The highest BCUT2D eigenvalue weighted by Crippen LogP contribution is 1.89. The van der Waals surface area contributed by atoms with Crippen molar-refractivity contribution in [3.63, 3.8) is 0 Å². The third-order valence-corrected chi connectivity index (χ3v) is 1.84. The van der Waals surface area contributed by atoms with Gasteiger partial charge in [-0.15, -0.1) is 0 Å². The lowest BCUT2D eigenvalue weighted by molar-refractivity contribution is -0.653. The van der Waals surface area contributed by atoms with Crippen LogP contribution >= 0.6 is 8.43 Å². The summed E-state index contributed by atoms with van der Waals surface area (Å²) in [5.41, 5.74) is -0.403. The molecule has 0 fully saturated rings. The summed E-state index contributed by atoms with van der Waals surface area (Å²) in [4.78, 5) is 20.2. The van der Waals surface area contributed by atoms with Gasteiger partial charge in [0.2, 0.25) is 6.20 Å². The maximum atomic E-state index is 11.2. The van der Waals surface area contributed by atoms with Crippen LogP contribution in [0.3, 0.4) is 0 Å². The van der Waals surface area contributed by atoms with Crippen molar-refractivity contribution >= 4 is 8.43 Å². The van der Waals surface area contributed by atoms with Crippen molar-refractivity contribution in [3.8, 4) is 0 Å². The molecule has 1 rings (SSSR count). The van der Waals surface area contributed by atoms with E-state index in [1.54, 1.807) is 18.2 Å². The van der Waals surface area contributed by atoms with E-state index in [9.17, 15) is 4.79 Å². The number of rotatable bonds is 0. The molecule has 62 valence electrons. The van der Waals surface area contributed by atoms with Gasteiger partial charge in [0.25, 0.3) is 0 Å². The van der Waals surface area contributed by atoms with E-state index in [2.05, 4.69) is 0 Å². The Morgan fingerprint density at radius 2 is 2.17 bits per heavy atom. The predicted molar refractivity (Wildman–Crippen MR) is 45.4 cm³/mol. The fourth-order valence-corrected chi connectivity index (χ4v) is 1.05. The van der Waals surface area contributed by atoms with Gasteiger partial charge in [-0.2, -0.15) is 0 Å². The summed E-state index contributed by atoms with van der Waals surface area (Å²) >= 11 is 0. The lowest BCUT2D eigenvalue weighted by Gasteiger charge is -1.78. The van der Waals surface area contributed by atoms with Crippen LogP contribution in [-0.4, -0.2) is 4.89 Å². The highest BCUT2D eigenvalue weighted by molar-refractivity contribution is 7.21. The van der Waals surface area contributed by atoms with Gasteiger partial charge in [-0.1, -0.05) is 12.1 Å². The molecule has 0 aliphatic heterocycles. The monoisotopic (exact) mass is 183 g/mol.